The molecule has 0 saturated carbocycles. The molecule has 132 valence electrons. The van der Waals surface area contributed by atoms with Crippen LogP contribution in [-0.4, -0.2) is 9.67 Å². The standard InChI is InChI=1S/C24H19NO2/c1-17-23(27)16-22(18-8-4-2-5-9-18)25(20-10-6-3-7-11-20)24(17)19-12-14-21(26)15-13-19/h2-16,26H,1H3. The van der Waals surface area contributed by atoms with Crippen LogP contribution in [0.15, 0.2) is 95.8 Å². The van der Waals surface area contributed by atoms with Crippen LogP contribution in [0, 0.1) is 6.92 Å². The zero-order valence-corrected chi connectivity index (χ0v) is 15.0. The molecule has 0 fully saturated rings. The van der Waals surface area contributed by atoms with Gasteiger partial charge in [0.1, 0.15) is 5.75 Å². The van der Waals surface area contributed by atoms with E-state index in [2.05, 4.69) is 4.57 Å². The molecule has 0 radical (unpaired) electrons. The van der Waals surface area contributed by atoms with Crippen LogP contribution in [0.25, 0.3) is 28.2 Å². The quantitative estimate of drug-likeness (QED) is 0.551. The van der Waals surface area contributed by atoms with Crippen LogP contribution >= 0.6 is 0 Å². The molecule has 0 unspecified atom stereocenters. The molecule has 0 aliphatic rings. The van der Waals surface area contributed by atoms with E-state index in [4.69, 9.17) is 0 Å². The molecule has 0 spiro atoms. The van der Waals surface area contributed by atoms with Crippen LogP contribution < -0.4 is 5.43 Å². The van der Waals surface area contributed by atoms with Gasteiger partial charge in [-0.25, -0.2) is 0 Å². The average Bonchev–Trinajstić information content (AvgIpc) is 2.72. The monoisotopic (exact) mass is 353 g/mol. The Morgan fingerprint density at radius 2 is 1.33 bits per heavy atom. The number of nitrogens with zero attached hydrogens (tertiary/aromatic N) is 1. The second-order valence-electron chi connectivity index (χ2n) is 6.45. The molecular weight excluding hydrogens is 334 g/mol. The molecule has 1 aromatic heterocycles. The van der Waals surface area contributed by atoms with E-state index in [1.54, 1.807) is 18.2 Å². The number of rotatable bonds is 3. The number of para-hydroxylation sites is 1. The highest BCUT2D eigenvalue weighted by molar-refractivity contribution is 5.73. The molecule has 0 saturated heterocycles. The van der Waals surface area contributed by atoms with E-state index in [1.807, 2.05) is 79.7 Å². The van der Waals surface area contributed by atoms with Crippen molar-refractivity contribution in [1.82, 2.24) is 4.57 Å². The van der Waals surface area contributed by atoms with Gasteiger partial charge in [0.25, 0.3) is 0 Å². The first-order valence-corrected chi connectivity index (χ1v) is 8.82. The fourth-order valence-corrected chi connectivity index (χ4v) is 3.33. The summed E-state index contributed by atoms with van der Waals surface area (Å²) in [7, 11) is 0. The van der Waals surface area contributed by atoms with Crippen molar-refractivity contribution < 1.29 is 5.11 Å². The second kappa shape index (κ2) is 6.96. The van der Waals surface area contributed by atoms with E-state index < -0.39 is 0 Å². The predicted molar refractivity (Wildman–Crippen MR) is 109 cm³/mol. The van der Waals surface area contributed by atoms with Crippen molar-refractivity contribution in [3.63, 3.8) is 0 Å². The van der Waals surface area contributed by atoms with Gasteiger partial charge < -0.3 is 9.67 Å². The first-order chi connectivity index (χ1) is 13.1. The molecule has 0 aliphatic heterocycles. The minimum absolute atomic E-state index is 0.0101. The molecule has 27 heavy (non-hydrogen) atoms. The Morgan fingerprint density at radius 3 is 1.96 bits per heavy atom. The molecule has 0 bridgehead atoms. The highest BCUT2D eigenvalue weighted by Gasteiger charge is 2.17. The van der Waals surface area contributed by atoms with Crippen molar-refractivity contribution in [2.24, 2.45) is 0 Å². The van der Waals surface area contributed by atoms with Gasteiger partial charge in [-0.2, -0.15) is 0 Å². The van der Waals surface area contributed by atoms with Crippen molar-refractivity contribution in [1.29, 1.82) is 0 Å². The Kier molecular flexibility index (Phi) is 4.35. The second-order valence-corrected chi connectivity index (χ2v) is 6.45. The normalized spacial score (nSPS) is 10.7. The van der Waals surface area contributed by atoms with E-state index in [-0.39, 0.29) is 11.2 Å². The van der Waals surface area contributed by atoms with Gasteiger partial charge in [0.2, 0.25) is 0 Å². The maximum atomic E-state index is 12.8. The number of hydrogen-bond donors (Lipinski definition) is 1. The maximum Gasteiger partial charge on any atom is 0.185 e. The Bertz CT molecular complexity index is 1130. The summed E-state index contributed by atoms with van der Waals surface area (Å²) in [5.74, 6) is 0.198. The summed E-state index contributed by atoms with van der Waals surface area (Å²) in [4.78, 5) is 12.8. The van der Waals surface area contributed by atoms with Crippen molar-refractivity contribution in [3.8, 4) is 34.0 Å². The van der Waals surface area contributed by atoms with Gasteiger partial charge in [-0.05, 0) is 54.4 Å². The first kappa shape index (κ1) is 16.9. The number of aromatic nitrogens is 1. The number of benzene rings is 3. The zero-order valence-electron chi connectivity index (χ0n) is 15.0. The summed E-state index contributed by atoms with van der Waals surface area (Å²) < 4.78 is 2.11. The van der Waals surface area contributed by atoms with Crippen molar-refractivity contribution in [2.45, 2.75) is 6.92 Å². The molecule has 3 nitrogen and oxygen atoms in total. The highest BCUT2D eigenvalue weighted by Crippen LogP contribution is 2.32. The van der Waals surface area contributed by atoms with Crippen molar-refractivity contribution in [2.75, 3.05) is 0 Å². The third kappa shape index (κ3) is 3.15. The molecule has 3 heteroatoms. The fraction of sp³-hybridized carbons (Fsp3) is 0.0417. The largest absolute Gasteiger partial charge is 0.508 e. The molecule has 0 aliphatic carbocycles. The van der Waals surface area contributed by atoms with Crippen LogP contribution in [-0.2, 0) is 0 Å². The number of phenols is 1. The highest BCUT2D eigenvalue weighted by atomic mass is 16.3. The lowest BCUT2D eigenvalue weighted by molar-refractivity contribution is 0.475. The van der Waals surface area contributed by atoms with E-state index in [0.717, 1.165) is 28.2 Å². The minimum atomic E-state index is -0.0101. The molecule has 1 heterocycles. The fourth-order valence-electron chi connectivity index (χ4n) is 3.33. The minimum Gasteiger partial charge on any atom is -0.508 e. The Labute approximate surface area is 157 Å². The van der Waals surface area contributed by atoms with Gasteiger partial charge in [-0.15, -0.1) is 0 Å². The first-order valence-electron chi connectivity index (χ1n) is 8.82. The van der Waals surface area contributed by atoms with Gasteiger partial charge in [0.15, 0.2) is 5.43 Å². The number of phenolic OH excluding ortho intramolecular Hbond substituents is 1. The Morgan fingerprint density at radius 1 is 0.741 bits per heavy atom. The van der Waals surface area contributed by atoms with E-state index in [0.29, 0.717) is 5.56 Å². The molecule has 0 atom stereocenters. The van der Waals surface area contributed by atoms with E-state index >= 15 is 0 Å². The maximum absolute atomic E-state index is 12.8. The number of hydrogen-bond acceptors (Lipinski definition) is 2. The summed E-state index contributed by atoms with van der Waals surface area (Å²) in [6.07, 6.45) is 0. The Hall–Kier alpha value is -3.59. The summed E-state index contributed by atoms with van der Waals surface area (Å²) in [5, 5.41) is 9.68. The van der Waals surface area contributed by atoms with Gasteiger partial charge in [0, 0.05) is 17.3 Å². The molecule has 0 amide bonds. The Balaban J connectivity index is 2.12. The summed E-state index contributed by atoms with van der Waals surface area (Å²) >= 11 is 0. The van der Waals surface area contributed by atoms with E-state index in [9.17, 15) is 9.90 Å². The number of pyridine rings is 1. The third-order valence-electron chi connectivity index (χ3n) is 4.68. The molecule has 4 aromatic rings. The lowest BCUT2D eigenvalue weighted by atomic mass is 10.0. The van der Waals surface area contributed by atoms with Crippen molar-refractivity contribution >= 4 is 0 Å². The van der Waals surface area contributed by atoms with Crippen LogP contribution in [0.1, 0.15) is 5.56 Å². The topological polar surface area (TPSA) is 42.2 Å². The van der Waals surface area contributed by atoms with Crippen LogP contribution in [0.5, 0.6) is 5.75 Å². The van der Waals surface area contributed by atoms with Gasteiger partial charge >= 0.3 is 0 Å². The molecule has 4 rings (SSSR count). The third-order valence-corrected chi connectivity index (χ3v) is 4.68. The van der Waals surface area contributed by atoms with Gasteiger partial charge in [-0.3, -0.25) is 4.79 Å². The van der Waals surface area contributed by atoms with Crippen LogP contribution in [0.2, 0.25) is 0 Å². The molecule has 1 N–H and O–H groups in total. The van der Waals surface area contributed by atoms with E-state index in [1.165, 1.54) is 0 Å². The molecular formula is C24H19NO2. The van der Waals surface area contributed by atoms with Gasteiger partial charge in [-0.1, -0.05) is 48.5 Å². The lowest BCUT2D eigenvalue weighted by Gasteiger charge is -2.21. The summed E-state index contributed by atoms with van der Waals surface area (Å²) in [5.41, 5.74) is 5.14. The van der Waals surface area contributed by atoms with Crippen LogP contribution in [0.4, 0.5) is 0 Å². The average molecular weight is 353 g/mol. The van der Waals surface area contributed by atoms with Crippen LogP contribution in [0.3, 0.4) is 0 Å². The van der Waals surface area contributed by atoms with Gasteiger partial charge in [0.05, 0.1) is 11.4 Å². The van der Waals surface area contributed by atoms with Crippen molar-refractivity contribution in [3.05, 3.63) is 107 Å². The summed E-state index contributed by atoms with van der Waals surface area (Å²) in [6.45, 7) is 1.85. The number of aromatic hydroxyl groups is 1. The smallest absolute Gasteiger partial charge is 0.185 e. The predicted octanol–water partition coefficient (Wildman–Crippen LogP) is 5.19. The SMILES string of the molecule is Cc1c(-c2ccc(O)cc2)n(-c2ccccc2)c(-c2ccccc2)cc1=O. The summed E-state index contributed by atoms with van der Waals surface area (Å²) in [6, 6.07) is 28.6. The zero-order chi connectivity index (χ0) is 18.8. The lowest BCUT2D eigenvalue weighted by Crippen LogP contribution is -2.15. The molecule has 3 aromatic carbocycles.